The molecule has 0 aromatic heterocycles. The van der Waals surface area contributed by atoms with Crippen LogP contribution in [0.3, 0.4) is 0 Å². The van der Waals surface area contributed by atoms with E-state index >= 15 is 0 Å². The Morgan fingerprint density at radius 1 is 1.40 bits per heavy atom. The Morgan fingerprint density at radius 2 is 2.15 bits per heavy atom. The van der Waals surface area contributed by atoms with E-state index in [1.165, 1.54) is 0 Å². The van der Waals surface area contributed by atoms with Crippen molar-refractivity contribution in [3.8, 4) is 0 Å². The Hall–Kier alpha value is -1.59. The van der Waals surface area contributed by atoms with Crippen molar-refractivity contribution in [2.45, 2.75) is 25.0 Å². The van der Waals surface area contributed by atoms with Crippen LogP contribution in [-0.2, 0) is 9.53 Å². The molecule has 0 bridgehead atoms. The number of benzene rings is 1. The molecule has 110 valence electrons. The molecule has 2 unspecified atom stereocenters. The molecule has 2 atom stereocenters. The van der Waals surface area contributed by atoms with Crippen molar-refractivity contribution in [1.29, 1.82) is 0 Å². The molecule has 5 nitrogen and oxygen atoms in total. The number of carbonyl (C=O) groups is 1. The number of anilines is 1. The SMILES string of the molecule is CN(CCNC(=O)C1CCC(CN)O1)c1ccccc1. The highest BCUT2D eigenvalue weighted by atomic mass is 16.5. The molecular weight excluding hydrogens is 254 g/mol. The second-order valence-electron chi connectivity index (χ2n) is 5.11. The summed E-state index contributed by atoms with van der Waals surface area (Å²) in [5.41, 5.74) is 6.68. The van der Waals surface area contributed by atoms with E-state index in [-0.39, 0.29) is 18.1 Å². The summed E-state index contributed by atoms with van der Waals surface area (Å²) in [5, 5.41) is 2.92. The van der Waals surface area contributed by atoms with Crippen molar-refractivity contribution in [2.75, 3.05) is 31.6 Å². The Morgan fingerprint density at radius 3 is 2.80 bits per heavy atom. The topological polar surface area (TPSA) is 67.6 Å². The minimum absolute atomic E-state index is 0.0255. The molecular formula is C15H23N3O2. The molecule has 2 rings (SSSR count). The van der Waals surface area contributed by atoms with Crippen LogP contribution in [-0.4, -0.2) is 44.8 Å². The minimum atomic E-state index is -0.328. The van der Waals surface area contributed by atoms with Crippen LogP contribution in [0.15, 0.2) is 30.3 Å². The molecule has 3 N–H and O–H groups in total. The zero-order valence-corrected chi connectivity index (χ0v) is 11.9. The van der Waals surface area contributed by atoms with Crippen molar-refractivity contribution in [3.05, 3.63) is 30.3 Å². The van der Waals surface area contributed by atoms with Crippen molar-refractivity contribution in [2.24, 2.45) is 5.73 Å². The van der Waals surface area contributed by atoms with E-state index in [1.807, 2.05) is 37.4 Å². The second kappa shape index (κ2) is 7.26. The number of likely N-dealkylation sites (N-methyl/N-ethyl adjacent to an activating group) is 1. The van der Waals surface area contributed by atoms with Gasteiger partial charge < -0.3 is 20.7 Å². The number of carbonyl (C=O) groups excluding carboxylic acids is 1. The Kier molecular flexibility index (Phi) is 5.38. The van der Waals surface area contributed by atoms with Gasteiger partial charge in [0, 0.05) is 32.4 Å². The van der Waals surface area contributed by atoms with Gasteiger partial charge in [-0.05, 0) is 25.0 Å². The van der Waals surface area contributed by atoms with Gasteiger partial charge in [0.05, 0.1) is 6.10 Å². The molecule has 0 spiro atoms. The molecule has 1 aromatic rings. The fourth-order valence-corrected chi connectivity index (χ4v) is 2.34. The van der Waals surface area contributed by atoms with E-state index in [1.54, 1.807) is 0 Å². The van der Waals surface area contributed by atoms with Crippen LogP contribution in [0.4, 0.5) is 5.69 Å². The fraction of sp³-hybridized carbons (Fsp3) is 0.533. The summed E-state index contributed by atoms with van der Waals surface area (Å²) in [6, 6.07) is 10.1. The minimum Gasteiger partial charge on any atom is -0.373 e. The van der Waals surface area contributed by atoms with Gasteiger partial charge in [-0.3, -0.25) is 4.79 Å². The Balaban J connectivity index is 1.69. The number of hydrogen-bond acceptors (Lipinski definition) is 4. The van der Waals surface area contributed by atoms with E-state index in [2.05, 4.69) is 10.2 Å². The standard InChI is InChI=1S/C15H23N3O2/c1-18(12-5-3-2-4-6-12)10-9-17-15(19)14-8-7-13(11-16)20-14/h2-6,13-14H,7-11,16H2,1H3,(H,17,19). The molecule has 0 radical (unpaired) electrons. The summed E-state index contributed by atoms with van der Waals surface area (Å²) in [5.74, 6) is -0.0255. The lowest BCUT2D eigenvalue weighted by atomic mass is 10.2. The highest BCUT2D eigenvalue weighted by Gasteiger charge is 2.29. The smallest absolute Gasteiger partial charge is 0.249 e. The highest BCUT2D eigenvalue weighted by molar-refractivity contribution is 5.81. The van der Waals surface area contributed by atoms with Crippen LogP contribution in [0, 0.1) is 0 Å². The monoisotopic (exact) mass is 277 g/mol. The lowest BCUT2D eigenvalue weighted by Gasteiger charge is -2.20. The number of ether oxygens (including phenoxy) is 1. The zero-order valence-electron chi connectivity index (χ0n) is 11.9. The lowest BCUT2D eigenvalue weighted by molar-refractivity contribution is -0.131. The number of rotatable bonds is 6. The summed E-state index contributed by atoms with van der Waals surface area (Å²) < 4.78 is 5.56. The average Bonchev–Trinajstić information content (AvgIpc) is 2.97. The van der Waals surface area contributed by atoms with Gasteiger partial charge in [-0.25, -0.2) is 0 Å². The van der Waals surface area contributed by atoms with Crippen LogP contribution in [0.25, 0.3) is 0 Å². The normalized spacial score (nSPS) is 21.7. The Bertz CT molecular complexity index is 424. The number of hydrogen-bond donors (Lipinski definition) is 2. The summed E-state index contributed by atoms with van der Waals surface area (Å²) in [6.07, 6.45) is 1.35. The average molecular weight is 277 g/mol. The quantitative estimate of drug-likeness (QED) is 0.805. The van der Waals surface area contributed by atoms with Crippen molar-refractivity contribution in [1.82, 2.24) is 5.32 Å². The lowest BCUT2D eigenvalue weighted by Crippen LogP contribution is -2.39. The van der Waals surface area contributed by atoms with Crippen LogP contribution in [0.5, 0.6) is 0 Å². The molecule has 1 fully saturated rings. The number of nitrogens with two attached hydrogens (primary N) is 1. The van der Waals surface area contributed by atoms with E-state index in [0.717, 1.165) is 25.1 Å². The van der Waals surface area contributed by atoms with Gasteiger partial charge >= 0.3 is 0 Å². The van der Waals surface area contributed by atoms with E-state index in [4.69, 9.17) is 10.5 Å². The second-order valence-corrected chi connectivity index (χ2v) is 5.11. The molecule has 1 aliphatic rings. The molecule has 1 aliphatic heterocycles. The Labute approximate surface area is 120 Å². The molecule has 0 saturated carbocycles. The fourth-order valence-electron chi connectivity index (χ4n) is 2.34. The van der Waals surface area contributed by atoms with Crippen molar-refractivity contribution < 1.29 is 9.53 Å². The molecule has 5 heteroatoms. The molecule has 1 saturated heterocycles. The largest absolute Gasteiger partial charge is 0.373 e. The number of nitrogens with zero attached hydrogens (tertiary/aromatic N) is 1. The first-order chi connectivity index (χ1) is 9.70. The first-order valence-corrected chi connectivity index (χ1v) is 7.10. The number of amides is 1. The first kappa shape index (κ1) is 14.8. The van der Waals surface area contributed by atoms with Crippen LogP contribution in [0.1, 0.15) is 12.8 Å². The third kappa shape index (κ3) is 3.95. The van der Waals surface area contributed by atoms with E-state index < -0.39 is 0 Å². The van der Waals surface area contributed by atoms with Gasteiger partial charge in [-0.1, -0.05) is 18.2 Å². The molecule has 0 aliphatic carbocycles. The predicted molar refractivity (Wildman–Crippen MR) is 79.7 cm³/mol. The van der Waals surface area contributed by atoms with Crippen LogP contribution >= 0.6 is 0 Å². The van der Waals surface area contributed by atoms with Crippen LogP contribution in [0.2, 0.25) is 0 Å². The van der Waals surface area contributed by atoms with Gasteiger partial charge in [-0.15, -0.1) is 0 Å². The van der Waals surface area contributed by atoms with Gasteiger partial charge in [0.1, 0.15) is 6.10 Å². The van der Waals surface area contributed by atoms with Gasteiger partial charge in [0.2, 0.25) is 5.91 Å². The van der Waals surface area contributed by atoms with Crippen LogP contribution < -0.4 is 16.0 Å². The van der Waals surface area contributed by atoms with E-state index in [9.17, 15) is 4.79 Å². The number of nitrogens with one attached hydrogen (secondary N) is 1. The molecule has 1 aromatic carbocycles. The summed E-state index contributed by atoms with van der Waals surface area (Å²) in [4.78, 5) is 14.0. The van der Waals surface area contributed by atoms with Crippen molar-refractivity contribution in [3.63, 3.8) is 0 Å². The molecule has 20 heavy (non-hydrogen) atoms. The summed E-state index contributed by atoms with van der Waals surface area (Å²) in [7, 11) is 2.01. The summed E-state index contributed by atoms with van der Waals surface area (Å²) in [6.45, 7) is 1.86. The zero-order chi connectivity index (χ0) is 14.4. The van der Waals surface area contributed by atoms with Gasteiger partial charge in [0.15, 0.2) is 0 Å². The maximum Gasteiger partial charge on any atom is 0.249 e. The highest BCUT2D eigenvalue weighted by Crippen LogP contribution is 2.18. The maximum atomic E-state index is 11.9. The maximum absolute atomic E-state index is 11.9. The molecule has 1 heterocycles. The first-order valence-electron chi connectivity index (χ1n) is 7.10. The predicted octanol–water partition coefficient (Wildman–Crippen LogP) is 0.745. The van der Waals surface area contributed by atoms with Crippen molar-refractivity contribution >= 4 is 11.6 Å². The third-order valence-electron chi connectivity index (χ3n) is 3.61. The third-order valence-corrected chi connectivity index (χ3v) is 3.61. The molecule has 1 amide bonds. The van der Waals surface area contributed by atoms with Gasteiger partial charge in [0.25, 0.3) is 0 Å². The van der Waals surface area contributed by atoms with Gasteiger partial charge in [-0.2, -0.15) is 0 Å². The number of para-hydroxylation sites is 1. The summed E-state index contributed by atoms with van der Waals surface area (Å²) >= 11 is 0. The van der Waals surface area contributed by atoms with E-state index in [0.29, 0.717) is 13.1 Å².